The highest BCUT2D eigenvalue weighted by atomic mass is 16.5. The van der Waals surface area contributed by atoms with Crippen LogP contribution in [0, 0.1) is 0 Å². The largest absolute Gasteiger partial charge is 0.497 e. The highest BCUT2D eigenvalue weighted by Gasteiger charge is 2.03. The number of aryl methyl sites for hydroxylation is 1. The molecule has 4 nitrogen and oxygen atoms in total. The van der Waals surface area contributed by atoms with Crippen molar-refractivity contribution in [2.24, 2.45) is 0 Å². The van der Waals surface area contributed by atoms with E-state index in [9.17, 15) is 4.79 Å². The molecule has 1 rings (SSSR count). The smallest absolute Gasteiger partial charge is 0.323 e. The van der Waals surface area contributed by atoms with E-state index in [1.807, 2.05) is 24.3 Å². The summed E-state index contributed by atoms with van der Waals surface area (Å²) in [6.45, 7) is 0. The van der Waals surface area contributed by atoms with Gasteiger partial charge in [-0.2, -0.15) is 4.79 Å². The van der Waals surface area contributed by atoms with E-state index in [2.05, 4.69) is 4.79 Å². The highest BCUT2D eigenvalue weighted by Crippen LogP contribution is 2.13. The summed E-state index contributed by atoms with van der Waals surface area (Å²) in [7, 11) is 1.60. The third kappa shape index (κ3) is 3.75. The van der Waals surface area contributed by atoms with Gasteiger partial charge >= 0.3 is 6.21 Å². The minimum Gasteiger partial charge on any atom is -0.497 e. The minimum absolute atomic E-state index is 0.194. The number of ketones is 1. The molecule has 0 saturated heterocycles. The van der Waals surface area contributed by atoms with Gasteiger partial charge in [-0.1, -0.05) is 12.1 Å². The summed E-state index contributed by atoms with van der Waals surface area (Å²) in [6.07, 6.45) is 1.86. The van der Waals surface area contributed by atoms with Gasteiger partial charge in [-0.05, 0) is 24.1 Å². The summed E-state index contributed by atoms with van der Waals surface area (Å²) in [4.78, 5) is 13.7. The van der Waals surface area contributed by atoms with Crippen LogP contribution >= 0.6 is 0 Å². The van der Waals surface area contributed by atoms with Crippen molar-refractivity contribution in [1.29, 1.82) is 0 Å². The molecule has 1 aromatic rings. The molecule has 0 amide bonds. The number of Topliss-reactive ketones (excluding diaryl/α,β-unsaturated/α-hetero) is 1. The average molecular weight is 204 g/mol. The van der Waals surface area contributed by atoms with E-state index in [-0.39, 0.29) is 5.78 Å². The van der Waals surface area contributed by atoms with Crippen molar-refractivity contribution in [2.75, 3.05) is 7.11 Å². The van der Waals surface area contributed by atoms with Crippen LogP contribution in [-0.4, -0.2) is 23.9 Å². The molecule has 1 aromatic carbocycles. The van der Waals surface area contributed by atoms with E-state index in [4.69, 9.17) is 10.3 Å². The Labute approximate surface area is 88.1 Å². The van der Waals surface area contributed by atoms with Gasteiger partial charge in [0.15, 0.2) is 0 Å². The Morgan fingerprint density at radius 1 is 1.60 bits per heavy atom. The maximum atomic E-state index is 11.0. The van der Waals surface area contributed by atoms with Crippen molar-refractivity contribution < 1.29 is 14.3 Å². The first-order valence-corrected chi connectivity index (χ1v) is 4.59. The monoisotopic (exact) mass is 204 g/mol. The third-order valence-electron chi connectivity index (χ3n) is 2.00. The Balaban J connectivity index is 2.57. The second-order valence-electron chi connectivity index (χ2n) is 3.06. The van der Waals surface area contributed by atoms with Crippen LogP contribution in [0.4, 0.5) is 0 Å². The molecule has 4 heteroatoms. The van der Waals surface area contributed by atoms with Gasteiger partial charge in [0.05, 0.1) is 7.11 Å². The van der Waals surface area contributed by atoms with E-state index in [1.54, 1.807) is 7.11 Å². The Morgan fingerprint density at radius 3 is 3.07 bits per heavy atom. The van der Waals surface area contributed by atoms with Crippen LogP contribution in [-0.2, 0) is 11.2 Å². The van der Waals surface area contributed by atoms with Crippen LogP contribution < -0.4 is 4.74 Å². The third-order valence-corrected chi connectivity index (χ3v) is 2.00. The molecular formula is C11H12N2O2. The minimum atomic E-state index is -0.194. The number of rotatable bonds is 5. The maximum absolute atomic E-state index is 11.0. The van der Waals surface area contributed by atoms with Gasteiger partial charge in [0, 0.05) is 6.42 Å². The molecule has 0 aliphatic rings. The van der Waals surface area contributed by atoms with Crippen LogP contribution in [0.5, 0.6) is 5.75 Å². The molecule has 0 fully saturated rings. The quantitative estimate of drug-likeness (QED) is 0.414. The first-order valence-electron chi connectivity index (χ1n) is 4.59. The number of nitrogens with zero attached hydrogens (tertiary/aromatic N) is 2. The molecule has 0 aromatic heterocycles. The number of ether oxygens (including phenoxy) is 1. The Bertz CT molecular complexity index is 395. The zero-order valence-electron chi connectivity index (χ0n) is 8.51. The van der Waals surface area contributed by atoms with Gasteiger partial charge in [0.2, 0.25) is 5.78 Å². The van der Waals surface area contributed by atoms with E-state index in [1.165, 1.54) is 0 Å². The summed E-state index contributed by atoms with van der Waals surface area (Å²) < 4.78 is 5.06. The lowest BCUT2D eigenvalue weighted by atomic mass is 10.1. The number of carbonyl (C=O) groups excluding carboxylic acids is 1. The first kappa shape index (κ1) is 11.1. The van der Waals surface area contributed by atoms with Gasteiger partial charge in [0.1, 0.15) is 5.75 Å². The molecule has 78 valence electrons. The summed E-state index contributed by atoms with van der Waals surface area (Å²) in [6, 6.07) is 7.52. The SMILES string of the molecule is COc1cccc(CCC(=O)C=[N+]=[N-])c1. The molecule has 15 heavy (non-hydrogen) atoms. The van der Waals surface area contributed by atoms with E-state index in [0.29, 0.717) is 12.8 Å². The molecule has 0 bridgehead atoms. The lowest BCUT2D eigenvalue weighted by Crippen LogP contribution is -2.01. The number of carbonyl (C=O) groups is 1. The van der Waals surface area contributed by atoms with Crippen molar-refractivity contribution in [2.45, 2.75) is 12.8 Å². The van der Waals surface area contributed by atoms with E-state index < -0.39 is 0 Å². The van der Waals surface area contributed by atoms with Crippen LogP contribution in [0.3, 0.4) is 0 Å². The maximum Gasteiger partial charge on any atom is 0.323 e. The Morgan fingerprint density at radius 2 is 2.40 bits per heavy atom. The van der Waals surface area contributed by atoms with Crippen molar-refractivity contribution in [3.63, 3.8) is 0 Å². The lowest BCUT2D eigenvalue weighted by molar-refractivity contribution is -0.116. The zero-order valence-corrected chi connectivity index (χ0v) is 8.51. The van der Waals surface area contributed by atoms with Crippen LogP contribution in [0.2, 0.25) is 0 Å². The zero-order chi connectivity index (χ0) is 11.1. The van der Waals surface area contributed by atoms with Crippen LogP contribution in [0.1, 0.15) is 12.0 Å². The molecule has 0 atom stereocenters. The number of hydrogen-bond acceptors (Lipinski definition) is 2. The fourth-order valence-electron chi connectivity index (χ4n) is 1.22. The van der Waals surface area contributed by atoms with Crippen molar-refractivity contribution in [3.8, 4) is 5.75 Å². The highest BCUT2D eigenvalue weighted by molar-refractivity contribution is 6.25. The van der Waals surface area contributed by atoms with Crippen molar-refractivity contribution in [3.05, 3.63) is 35.4 Å². The fourth-order valence-corrected chi connectivity index (χ4v) is 1.22. The molecule has 0 saturated carbocycles. The van der Waals surface area contributed by atoms with Gasteiger partial charge in [-0.3, -0.25) is 4.79 Å². The molecule has 0 radical (unpaired) electrons. The molecule has 0 aliphatic carbocycles. The van der Waals surface area contributed by atoms with Crippen molar-refractivity contribution >= 4 is 12.0 Å². The molecule has 0 N–H and O–H groups in total. The summed E-state index contributed by atoms with van der Waals surface area (Å²) in [5, 5.41) is 0. The lowest BCUT2D eigenvalue weighted by Gasteiger charge is -2.02. The second-order valence-corrected chi connectivity index (χ2v) is 3.06. The van der Waals surface area contributed by atoms with Gasteiger partial charge in [-0.25, -0.2) is 0 Å². The topological polar surface area (TPSA) is 62.7 Å². The van der Waals surface area contributed by atoms with Crippen LogP contribution in [0.25, 0.3) is 5.53 Å². The van der Waals surface area contributed by atoms with E-state index in [0.717, 1.165) is 17.5 Å². The molecule has 0 unspecified atom stereocenters. The van der Waals surface area contributed by atoms with Crippen molar-refractivity contribution in [1.82, 2.24) is 0 Å². The number of hydrogen-bond donors (Lipinski definition) is 0. The molecular weight excluding hydrogens is 192 g/mol. The van der Waals surface area contributed by atoms with Crippen LogP contribution in [0.15, 0.2) is 24.3 Å². The predicted octanol–water partition coefficient (Wildman–Crippen LogP) is 1.50. The first-order chi connectivity index (χ1) is 7.26. The molecule has 0 heterocycles. The molecule has 0 spiro atoms. The molecule has 0 aliphatic heterocycles. The van der Waals surface area contributed by atoms with E-state index >= 15 is 0 Å². The number of methoxy groups -OCH3 is 1. The average Bonchev–Trinajstić information content (AvgIpc) is 2.27. The standard InChI is InChI=1S/C11H12N2O2/c1-15-11-4-2-3-9(7-11)5-6-10(14)8-13-12/h2-4,7-8H,5-6H2,1H3. The Kier molecular flexibility index (Phi) is 4.26. The second kappa shape index (κ2) is 5.73. The number of benzene rings is 1. The summed E-state index contributed by atoms with van der Waals surface area (Å²) in [5.74, 6) is 0.580. The van der Waals surface area contributed by atoms with Gasteiger partial charge < -0.3 is 10.3 Å². The van der Waals surface area contributed by atoms with Gasteiger partial charge in [0.25, 0.3) is 0 Å². The Hall–Kier alpha value is -1.93. The normalized spacial score (nSPS) is 9.13. The fraction of sp³-hybridized carbons (Fsp3) is 0.273. The predicted molar refractivity (Wildman–Crippen MR) is 56.0 cm³/mol. The summed E-state index contributed by atoms with van der Waals surface area (Å²) >= 11 is 0. The summed E-state index contributed by atoms with van der Waals surface area (Å²) in [5.41, 5.74) is 9.17. The van der Waals surface area contributed by atoms with Gasteiger partial charge in [-0.15, -0.1) is 0 Å².